The molecule has 0 aliphatic carbocycles. The molecule has 1 saturated heterocycles. The average Bonchev–Trinajstić information content (AvgIpc) is 2.87. The van der Waals surface area contributed by atoms with Crippen LogP contribution in [0.3, 0.4) is 0 Å². The van der Waals surface area contributed by atoms with Gasteiger partial charge < -0.3 is 4.90 Å². The molecule has 2 heterocycles. The number of piperidine rings is 1. The molecule has 1 aliphatic heterocycles. The van der Waals surface area contributed by atoms with Gasteiger partial charge in [0.05, 0.1) is 0 Å². The second-order valence-corrected chi connectivity index (χ2v) is 5.97. The van der Waals surface area contributed by atoms with E-state index in [1.54, 1.807) is 11.3 Å². The third-order valence-electron chi connectivity index (χ3n) is 3.71. The summed E-state index contributed by atoms with van der Waals surface area (Å²) in [7, 11) is 0. The fourth-order valence-electron chi connectivity index (χ4n) is 2.38. The number of nitriles is 1. The van der Waals surface area contributed by atoms with Gasteiger partial charge in [-0.15, -0.1) is 11.3 Å². The van der Waals surface area contributed by atoms with Gasteiger partial charge in [0, 0.05) is 29.8 Å². The SMILES string of the molecule is CCC(C)N1CC(c2ccc(C#N)s2)CCC1=O. The van der Waals surface area contributed by atoms with Crippen LogP contribution in [0.4, 0.5) is 0 Å². The van der Waals surface area contributed by atoms with Crippen molar-refractivity contribution in [1.29, 1.82) is 5.26 Å². The fraction of sp³-hybridized carbons (Fsp3) is 0.571. The van der Waals surface area contributed by atoms with Gasteiger partial charge in [-0.25, -0.2) is 0 Å². The Morgan fingerprint density at radius 1 is 1.61 bits per heavy atom. The summed E-state index contributed by atoms with van der Waals surface area (Å²) in [4.78, 5) is 15.9. The molecular formula is C14H18N2OS. The van der Waals surface area contributed by atoms with E-state index < -0.39 is 0 Å². The Bertz CT molecular complexity index is 474. The lowest BCUT2D eigenvalue weighted by Crippen LogP contribution is -2.44. The molecule has 1 aromatic rings. The number of thiophene rings is 1. The van der Waals surface area contributed by atoms with Gasteiger partial charge >= 0.3 is 0 Å². The van der Waals surface area contributed by atoms with Gasteiger partial charge in [-0.1, -0.05) is 6.92 Å². The zero-order valence-electron chi connectivity index (χ0n) is 10.8. The highest BCUT2D eigenvalue weighted by Gasteiger charge is 2.29. The lowest BCUT2D eigenvalue weighted by molar-refractivity contribution is -0.136. The molecule has 0 spiro atoms. The first-order valence-electron chi connectivity index (χ1n) is 6.45. The van der Waals surface area contributed by atoms with Crippen molar-refractivity contribution in [3.05, 3.63) is 21.9 Å². The molecule has 96 valence electrons. The number of rotatable bonds is 3. The first-order valence-corrected chi connectivity index (χ1v) is 7.26. The summed E-state index contributed by atoms with van der Waals surface area (Å²) in [5.74, 6) is 0.682. The maximum Gasteiger partial charge on any atom is 0.222 e. The predicted octanol–water partition coefficient (Wildman–Crippen LogP) is 3.12. The molecule has 0 bridgehead atoms. The van der Waals surface area contributed by atoms with Gasteiger partial charge in [-0.3, -0.25) is 4.79 Å². The van der Waals surface area contributed by atoms with Crippen LogP contribution in [0, 0.1) is 11.3 Å². The highest BCUT2D eigenvalue weighted by molar-refractivity contribution is 7.12. The minimum Gasteiger partial charge on any atom is -0.339 e. The largest absolute Gasteiger partial charge is 0.339 e. The van der Waals surface area contributed by atoms with E-state index in [0.717, 1.165) is 24.3 Å². The minimum absolute atomic E-state index is 0.276. The summed E-state index contributed by atoms with van der Waals surface area (Å²) in [6.45, 7) is 5.02. The Kier molecular flexibility index (Phi) is 4.03. The van der Waals surface area contributed by atoms with Gasteiger partial charge in [0.2, 0.25) is 5.91 Å². The van der Waals surface area contributed by atoms with E-state index in [4.69, 9.17) is 5.26 Å². The number of carbonyl (C=O) groups is 1. The predicted molar refractivity (Wildman–Crippen MR) is 72.5 cm³/mol. The van der Waals surface area contributed by atoms with Crippen LogP contribution in [0.15, 0.2) is 12.1 Å². The molecule has 18 heavy (non-hydrogen) atoms. The number of nitrogens with zero attached hydrogens (tertiary/aromatic N) is 2. The van der Waals surface area contributed by atoms with Crippen molar-refractivity contribution in [2.24, 2.45) is 0 Å². The highest BCUT2D eigenvalue weighted by atomic mass is 32.1. The molecule has 1 fully saturated rings. The Balaban J connectivity index is 2.12. The first kappa shape index (κ1) is 13.1. The summed E-state index contributed by atoms with van der Waals surface area (Å²) >= 11 is 1.56. The van der Waals surface area contributed by atoms with E-state index in [1.165, 1.54) is 4.88 Å². The van der Waals surface area contributed by atoms with Gasteiger partial charge in [0.15, 0.2) is 0 Å². The molecule has 3 nitrogen and oxygen atoms in total. The normalized spacial score (nSPS) is 21.7. The van der Waals surface area contributed by atoms with Crippen molar-refractivity contribution in [2.45, 2.75) is 45.1 Å². The lowest BCUT2D eigenvalue weighted by Gasteiger charge is -2.36. The molecule has 2 rings (SSSR count). The maximum absolute atomic E-state index is 11.9. The van der Waals surface area contributed by atoms with Crippen molar-refractivity contribution >= 4 is 17.2 Å². The van der Waals surface area contributed by atoms with Gasteiger partial charge in [-0.2, -0.15) is 5.26 Å². The van der Waals surface area contributed by atoms with Crippen LogP contribution in [-0.4, -0.2) is 23.4 Å². The van der Waals surface area contributed by atoms with E-state index in [1.807, 2.05) is 17.0 Å². The van der Waals surface area contributed by atoms with Crippen LogP contribution in [0.25, 0.3) is 0 Å². The van der Waals surface area contributed by atoms with Crippen LogP contribution in [0.5, 0.6) is 0 Å². The molecule has 0 saturated carbocycles. The molecule has 0 radical (unpaired) electrons. The Morgan fingerprint density at radius 2 is 2.39 bits per heavy atom. The first-order chi connectivity index (χ1) is 8.65. The molecular weight excluding hydrogens is 244 g/mol. The zero-order valence-corrected chi connectivity index (χ0v) is 11.7. The Labute approximate surface area is 112 Å². The number of hydrogen-bond donors (Lipinski definition) is 0. The maximum atomic E-state index is 11.9. The van der Waals surface area contributed by atoms with Crippen molar-refractivity contribution in [3.8, 4) is 6.07 Å². The number of carbonyl (C=O) groups excluding carboxylic acids is 1. The number of likely N-dealkylation sites (tertiary alicyclic amines) is 1. The molecule has 2 atom stereocenters. The topological polar surface area (TPSA) is 44.1 Å². The van der Waals surface area contributed by atoms with Gasteiger partial charge in [0.1, 0.15) is 10.9 Å². The highest BCUT2D eigenvalue weighted by Crippen LogP contribution is 2.33. The molecule has 1 aliphatic rings. The van der Waals surface area contributed by atoms with Crippen LogP contribution < -0.4 is 0 Å². The molecule has 0 N–H and O–H groups in total. The number of hydrogen-bond acceptors (Lipinski definition) is 3. The second-order valence-electron chi connectivity index (χ2n) is 4.85. The summed E-state index contributed by atoms with van der Waals surface area (Å²) in [5, 5.41) is 8.87. The summed E-state index contributed by atoms with van der Waals surface area (Å²) < 4.78 is 0. The van der Waals surface area contributed by atoms with Crippen molar-refractivity contribution in [2.75, 3.05) is 6.54 Å². The van der Waals surface area contributed by atoms with E-state index in [0.29, 0.717) is 18.4 Å². The quantitative estimate of drug-likeness (QED) is 0.840. The van der Waals surface area contributed by atoms with Crippen molar-refractivity contribution in [3.63, 3.8) is 0 Å². The summed E-state index contributed by atoms with van der Waals surface area (Å²) in [6, 6.07) is 6.41. The standard InChI is InChI=1S/C14H18N2OS/c1-3-10(2)16-9-11(4-7-14(16)17)13-6-5-12(8-15)18-13/h5-6,10-11H,3-4,7,9H2,1-2H3. The average molecular weight is 262 g/mol. The van der Waals surface area contributed by atoms with E-state index >= 15 is 0 Å². The molecule has 0 aromatic carbocycles. The Morgan fingerprint density at radius 3 is 3.00 bits per heavy atom. The molecule has 1 amide bonds. The van der Waals surface area contributed by atoms with E-state index in [9.17, 15) is 4.79 Å². The molecule has 1 aromatic heterocycles. The second kappa shape index (κ2) is 5.53. The van der Waals surface area contributed by atoms with E-state index in [-0.39, 0.29) is 5.91 Å². The van der Waals surface area contributed by atoms with Crippen molar-refractivity contribution in [1.82, 2.24) is 4.90 Å². The molecule has 2 unspecified atom stereocenters. The third-order valence-corrected chi connectivity index (χ3v) is 4.86. The minimum atomic E-state index is 0.276. The van der Waals surface area contributed by atoms with E-state index in [2.05, 4.69) is 19.9 Å². The fourth-order valence-corrected chi connectivity index (χ4v) is 3.31. The van der Waals surface area contributed by atoms with Crippen LogP contribution in [0.2, 0.25) is 0 Å². The number of amides is 1. The summed E-state index contributed by atoms with van der Waals surface area (Å²) in [6.07, 6.45) is 2.54. The monoisotopic (exact) mass is 262 g/mol. The van der Waals surface area contributed by atoms with Crippen LogP contribution in [0.1, 0.15) is 48.8 Å². The zero-order chi connectivity index (χ0) is 13.1. The van der Waals surface area contributed by atoms with Gasteiger partial charge in [-0.05, 0) is 31.9 Å². The smallest absolute Gasteiger partial charge is 0.222 e. The van der Waals surface area contributed by atoms with Crippen LogP contribution in [-0.2, 0) is 4.79 Å². The summed E-state index contributed by atoms with van der Waals surface area (Å²) in [5.41, 5.74) is 0. The lowest BCUT2D eigenvalue weighted by atomic mass is 9.94. The van der Waals surface area contributed by atoms with Crippen LogP contribution >= 0.6 is 11.3 Å². The molecule has 4 heteroatoms. The van der Waals surface area contributed by atoms with Gasteiger partial charge in [0.25, 0.3) is 0 Å². The third kappa shape index (κ3) is 2.56. The Hall–Kier alpha value is -1.34. The van der Waals surface area contributed by atoms with Crippen molar-refractivity contribution < 1.29 is 4.79 Å².